The molecule has 8 heteroatoms. The zero-order valence-electron chi connectivity index (χ0n) is 17.0. The van der Waals surface area contributed by atoms with Crippen LogP contribution in [0.1, 0.15) is 41.1 Å². The molecule has 0 aromatic carbocycles. The summed E-state index contributed by atoms with van der Waals surface area (Å²) in [6.07, 6.45) is 6.49. The van der Waals surface area contributed by atoms with E-state index in [1.54, 1.807) is 17.5 Å². The first-order valence-corrected chi connectivity index (χ1v) is 11.4. The third kappa shape index (κ3) is 3.77. The molecule has 0 bridgehead atoms. The fraction of sp³-hybridized carbons (Fsp3) is 0.455. The van der Waals surface area contributed by atoms with Crippen LogP contribution in [0.2, 0.25) is 0 Å². The van der Waals surface area contributed by atoms with Crippen molar-refractivity contribution < 1.29 is 4.79 Å². The Kier molecular flexibility index (Phi) is 5.12. The molecule has 1 fully saturated rings. The normalized spacial score (nSPS) is 17.4. The number of nitrogens with zero attached hydrogens (tertiary/aromatic N) is 3. The molecule has 3 aromatic rings. The highest BCUT2D eigenvalue weighted by Gasteiger charge is 2.26. The fourth-order valence-electron chi connectivity index (χ4n) is 4.52. The van der Waals surface area contributed by atoms with E-state index in [4.69, 9.17) is 4.98 Å². The number of aryl methyl sites for hydroxylation is 3. The van der Waals surface area contributed by atoms with Crippen molar-refractivity contribution in [1.82, 2.24) is 19.9 Å². The molecule has 3 aromatic heterocycles. The first-order valence-electron chi connectivity index (χ1n) is 10.6. The summed E-state index contributed by atoms with van der Waals surface area (Å²) in [5.74, 6) is 1.35. The first-order chi connectivity index (χ1) is 14.6. The standard InChI is InChI=1S/C22H25N5O2S/c1-13-5-8-23-17(11-13)24-20(28)14-6-9-27(10-7-14)12-18-25-21(29)19-15-3-2-4-16(15)30-22(19)26-18/h5,8,11,14H,2-4,6-7,9-10,12H2,1H3,(H,23,24,28)(H,25,26,29). The first kappa shape index (κ1) is 19.4. The number of anilines is 1. The van der Waals surface area contributed by atoms with Crippen LogP contribution in [-0.4, -0.2) is 38.8 Å². The van der Waals surface area contributed by atoms with Crippen LogP contribution in [0, 0.1) is 12.8 Å². The van der Waals surface area contributed by atoms with Crippen molar-refractivity contribution >= 4 is 33.3 Å². The number of hydrogen-bond donors (Lipinski definition) is 2. The van der Waals surface area contributed by atoms with Gasteiger partial charge in [-0.1, -0.05) is 0 Å². The molecule has 1 aliphatic heterocycles. The number of nitrogens with one attached hydrogen (secondary N) is 2. The largest absolute Gasteiger partial charge is 0.310 e. The zero-order valence-corrected chi connectivity index (χ0v) is 17.8. The van der Waals surface area contributed by atoms with Crippen molar-refractivity contribution in [3.05, 3.63) is 50.5 Å². The number of amides is 1. The van der Waals surface area contributed by atoms with Gasteiger partial charge in [-0.2, -0.15) is 0 Å². The Balaban J connectivity index is 1.21. The third-order valence-electron chi connectivity index (χ3n) is 6.12. The second-order valence-electron chi connectivity index (χ2n) is 8.31. The second-order valence-corrected chi connectivity index (χ2v) is 9.39. The lowest BCUT2D eigenvalue weighted by atomic mass is 9.96. The van der Waals surface area contributed by atoms with Crippen LogP contribution in [0.4, 0.5) is 5.82 Å². The van der Waals surface area contributed by atoms with Gasteiger partial charge in [0.2, 0.25) is 5.91 Å². The number of fused-ring (bicyclic) bond motifs is 3. The summed E-state index contributed by atoms with van der Waals surface area (Å²) in [7, 11) is 0. The van der Waals surface area contributed by atoms with E-state index < -0.39 is 0 Å². The maximum absolute atomic E-state index is 12.6. The molecule has 0 radical (unpaired) electrons. The predicted molar refractivity (Wildman–Crippen MR) is 118 cm³/mol. The molecular formula is C22H25N5O2S. The topological polar surface area (TPSA) is 91.0 Å². The van der Waals surface area contributed by atoms with Gasteiger partial charge in [-0.25, -0.2) is 9.97 Å². The molecule has 0 atom stereocenters. The van der Waals surface area contributed by atoms with E-state index in [0.717, 1.165) is 66.8 Å². The zero-order chi connectivity index (χ0) is 20.7. The Hall–Kier alpha value is -2.58. The average Bonchev–Trinajstić information content (AvgIpc) is 3.29. The summed E-state index contributed by atoms with van der Waals surface area (Å²) in [5, 5.41) is 3.74. The molecule has 2 aliphatic rings. The Labute approximate surface area is 178 Å². The van der Waals surface area contributed by atoms with E-state index in [0.29, 0.717) is 12.4 Å². The Morgan fingerprint density at radius 2 is 2.17 bits per heavy atom. The summed E-state index contributed by atoms with van der Waals surface area (Å²) in [6.45, 7) is 4.21. The number of likely N-dealkylation sites (tertiary alicyclic amines) is 1. The van der Waals surface area contributed by atoms with Crippen LogP contribution in [0.15, 0.2) is 23.1 Å². The molecule has 4 heterocycles. The lowest BCUT2D eigenvalue weighted by molar-refractivity contribution is -0.121. The minimum atomic E-state index is -0.0154. The van der Waals surface area contributed by atoms with E-state index >= 15 is 0 Å². The summed E-state index contributed by atoms with van der Waals surface area (Å²) in [6, 6.07) is 3.79. The van der Waals surface area contributed by atoms with Gasteiger partial charge in [0, 0.05) is 17.0 Å². The summed E-state index contributed by atoms with van der Waals surface area (Å²) in [5.41, 5.74) is 2.28. The molecule has 156 valence electrons. The van der Waals surface area contributed by atoms with Gasteiger partial charge >= 0.3 is 0 Å². The number of carbonyl (C=O) groups excluding carboxylic acids is 1. The molecule has 0 spiro atoms. The quantitative estimate of drug-likeness (QED) is 0.673. The van der Waals surface area contributed by atoms with E-state index in [1.165, 1.54) is 10.4 Å². The van der Waals surface area contributed by atoms with Crippen molar-refractivity contribution in [2.75, 3.05) is 18.4 Å². The molecule has 2 N–H and O–H groups in total. The second kappa shape index (κ2) is 7.92. The smallest absolute Gasteiger partial charge is 0.259 e. The highest BCUT2D eigenvalue weighted by Crippen LogP contribution is 2.34. The van der Waals surface area contributed by atoms with Gasteiger partial charge < -0.3 is 10.3 Å². The number of carbonyl (C=O) groups is 1. The maximum Gasteiger partial charge on any atom is 0.259 e. The minimum Gasteiger partial charge on any atom is -0.310 e. The highest BCUT2D eigenvalue weighted by molar-refractivity contribution is 7.18. The Morgan fingerprint density at radius 1 is 1.33 bits per heavy atom. The molecule has 1 aliphatic carbocycles. The van der Waals surface area contributed by atoms with E-state index in [1.807, 2.05) is 19.1 Å². The number of pyridine rings is 1. The van der Waals surface area contributed by atoms with Crippen LogP contribution in [0.3, 0.4) is 0 Å². The summed E-state index contributed by atoms with van der Waals surface area (Å²) < 4.78 is 0. The lowest BCUT2D eigenvalue weighted by Crippen LogP contribution is -2.38. The minimum absolute atomic E-state index is 0.00526. The third-order valence-corrected chi connectivity index (χ3v) is 7.31. The maximum atomic E-state index is 12.6. The van der Waals surface area contributed by atoms with Gasteiger partial charge in [-0.15, -0.1) is 11.3 Å². The van der Waals surface area contributed by atoms with E-state index in [9.17, 15) is 9.59 Å². The molecule has 5 rings (SSSR count). The van der Waals surface area contributed by atoms with Crippen molar-refractivity contribution in [3.8, 4) is 0 Å². The highest BCUT2D eigenvalue weighted by atomic mass is 32.1. The number of aromatic amines is 1. The van der Waals surface area contributed by atoms with Crippen LogP contribution < -0.4 is 10.9 Å². The molecule has 1 amide bonds. The monoisotopic (exact) mass is 423 g/mol. The molecule has 7 nitrogen and oxygen atoms in total. The van der Waals surface area contributed by atoms with Crippen LogP contribution in [-0.2, 0) is 24.2 Å². The van der Waals surface area contributed by atoms with Crippen LogP contribution in [0.25, 0.3) is 10.2 Å². The lowest BCUT2D eigenvalue weighted by Gasteiger charge is -2.30. The van der Waals surface area contributed by atoms with Crippen molar-refractivity contribution in [2.45, 2.75) is 45.6 Å². The number of piperidine rings is 1. The molecular weight excluding hydrogens is 398 g/mol. The Morgan fingerprint density at radius 3 is 2.97 bits per heavy atom. The molecule has 0 saturated carbocycles. The summed E-state index contributed by atoms with van der Waals surface area (Å²) >= 11 is 1.67. The summed E-state index contributed by atoms with van der Waals surface area (Å²) in [4.78, 5) is 41.6. The van der Waals surface area contributed by atoms with Crippen LogP contribution in [0.5, 0.6) is 0 Å². The molecule has 0 unspecified atom stereocenters. The predicted octanol–water partition coefficient (Wildman–Crippen LogP) is 3.03. The number of thiophene rings is 1. The number of H-pyrrole nitrogens is 1. The SMILES string of the molecule is Cc1ccnc(NC(=O)C2CCN(Cc3nc4sc5c(c4c(=O)[nH]3)CCC5)CC2)c1. The van der Waals surface area contributed by atoms with Gasteiger partial charge in [0.25, 0.3) is 5.56 Å². The van der Waals surface area contributed by atoms with Gasteiger partial charge in [0.05, 0.1) is 11.9 Å². The van der Waals surface area contributed by atoms with Gasteiger partial charge in [-0.3, -0.25) is 14.5 Å². The Bertz CT molecular complexity index is 1160. The number of rotatable bonds is 4. The van der Waals surface area contributed by atoms with Gasteiger partial charge in [-0.05, 0) is 75.4 Å². The van der Waals surface area contributed by atoms with Crippen molar-refractivity contribution in [3.63, 3.8) is 0 Å². The molecule has 30 heavy (non-hydrogen) atoms. The van der Waals surface area contributed by atoms with E-state index in [2.05, 4.69) is 20.2 Å². The van der Waals surface area contributed by atoms with E-state index in [-0.39, 0.29) is 17.4 Å². The number of hydrogen-bond acceptors (Lipinski definition) is 6. The van der Waals surface area contributed by atoms with Crippen LogP contribution >= 0.6 is 11.3 Å². The average molecular weight is 424 g/mol. The van der Waals surface area contributed by atoms with Crippen molar-refractivity contribution in [2.24, 2.45) is 5.92 Å². The van der Waals surface area contributed by atoms with Gasteiger partial charge in [0.15, 0.2) is 0 Å². The fourth-order valence-corrected chi connectivity index (χ4v) is 5.80. The molecule has 1 saturated heterocycles. The van der Waals surface area contributed by atoms with Crippen molar-refractivity contribution in [1.29, 1.82) is 0 Å². The number of aromatic nitrogens is 3. The van der Waals surface area contributed by atoms with Gasteiger partial charge in [0.1, 0.15) is 16.5 Å².